The van der Waals surface area contributed by atoms with Crippen molar-refractivity contribution in [1.82, 2.24) is 4.90 Å². The Morgan fingerprint density at radius 1 is 1.45 bits per heavy atom. The predicted octanol–water partition coefficient (Wildman–Crippen LogP) is 3.60. The number of benzene rings is 1. The summed E-state index contributed by atoms with van der Waals surface area (Å²) < 4.78 is 13.3. The highest BCUT2D eigenvalue weighted by atomic mass is 35.5. The van der Waals surface area contributed by atoms with Crippen LogP contribution in [-0.2, 0) is 11.3 Å². The summed E-state index contributed by atoms with van der Waals surface area (Å²) in [6.45, 7) is 3.82. The highest BCUT2D eigenvalue weighted by Crippen LogP contribution is 2.20. The highest BCUT2D eigenvalue weighted by Gasteiger charge is 2.24. The molecule has 1 aromatic carbocycles. The van der Waals surface area contributed by atoms with Gasteiger partial charge in [-0.3, -0.25) is 4.79 Å². The third kappa shape index (κ3) is 4.99. The lowest BCUT2D eigenvalue weighted by Gasteiger charge is -2.28. The normalized spacial score (nSPS) is 11.0. The number of hydrogen-bond acceptors (Lipinski definition) is 2. The van der Waals surface area contributed by atoms with E-state index in [1.807, 2.05) is 0 Å². The maximum Gasteiger partial charge on any atom is 0.237 e. The Bertz CT molecular complexity index is 520. The van der Waals surface area contributed by atoms with E-state index in [-0.39, 0.29) is 29.9 Å². The molecule has 0 atom stereocenters. The van der Waals surface area contributed by atoms with E-state index in [9.17, 15) is 9.18 Å². The first kappa shape index (κ1) is 16.7. The fourth-order valence-corrected chi connectivity index (χ4v) is 2.17. The predicted molar refractivity (Wildman–Crippen MR) is 76.9 cm³/mol. The van der Waals surface area contributed by atoms with E-state index in [1.54, 1.807) is 19.9 Å². The van der Waals surface area contributed by atoms with Gasteiger partial charge in [-0.2, -0.15) is 5.26 Å². The van der Waals surface area contributed by atoms with Gasteiger partial charge in [-0.1, -0.05) is 11.6 Å². The smallest absolute Gasteiger partial charge is 0.237 e. The second kappa shape index (κ2) is 6.92. The van der Waals surface area contributed by atoms with Crippen LogP contribution in [0.4, 0.5) is 4.39 Å². The first-order chi connectivity index (χ1) is 9.27. The molecule has 3 nitrogen and oxygen atoms in total. The summed E-state index contributed by atoms with van der Waals surface area (Å²) in [5, 5.41) is 9.31. The van der Waals surface area contributed by atoms with Gasteiger partial charge in [-0.15, -0.1) is 11.6 Å². The molecule has 0 radical (unpaired) electrons. The zero-order chi connectivity index (χ0) is 15.3. The summed E-state index contributed by atoms with van der Waals surface area (Å²) in [5.74, 6) is -0.967. The third-order valence-corrected chi connectivity index (χ3v) is 3.10. The fourth-order valence-electron chi connectivity index (χ4n) is 1.75. The van der Waals surface area contributed by atoms with Crippen molar-refractivity contribution in [2.75, 3.05) is 12.4 Å². The van der Waals surface area contributed by atoms with Crippen molar-refractivity contribution in [2.24, 2.45) is 5.41 Å². The van der Waals surface area contributed by atoms with Gasteiger partial charge in [0.1, 0.15) is 11.7 Å². The van der Waals surface area contributed by atoms with Crippen LogP contribution in [0.5, 0.6) is 0 Å². The van der Waals surface area contributed by atoms with E-state index >= 15 is 0 Å². The topological polar surface area (TPSA) is 44.1 Å². The fraction of sp³-hybridized carbons (Fsp3) is 0.429. The SMILES string of the molecule is CC(C)(C#N)CN(Cc1cc(F)cc(Cl)c1)C(=O)CCl. The molecule has 0 fully saturated rings. The van der Waals surface area contributed by atoms with Crippen LogP contribution in [0.3, 0.4) is 0 Å². The van der Waals surface area contributed by atoms with Crippen molar-refractivity contribution in [3.05, 3.63) is 34.6 Å². The number of halogens is 3. The van der Waals surface area contributed by atoms with Crippen molar-refractivity contribution in [3.63, 3.8) is 0 Å². The monoisotopic (exact) mass is 316 g/mol. The van der Waals surface area contributed by atoms with Crippen molar-refractivity contribution < 1.29 is 9.18 Å². The molecule has 20 heavy (non-hydrogen) atoms. The molecule has 108 valence electrons. The molecule has 0 aromatic heterocycles. The Hall–Kier alpha value is -1.31. The Balaban J connectivity index is 2.95. The lowest BCUT2D eigenvalue weighted by atomic mass is 9.95. The first-order valence-electron chi connectivity index (χ1n) is 5.97. The summed E-state index contributed by atoms with van der Waals surface area (Å²) in [6.07, 6.45) is 0. The Morgan fingerprint density at radius 2 is 2.10 bits per heavy atom. The molecule has 0 spiro atoms. The van der Waals surface area contributed by atoms with Crippen LogP contribution < -0.4 is 0 Å². The molecule has 0 bridgehead atoms. The molecule has 1 amide bonds. The second-order valence-electron chi connectivity index (χ2n) is 5.16. The zero-order valence-electron chi connectivity index (χ0n) is 11.3. The summed E-state index contributed by atoms with van der Waals surface area (Å²) in [5.41, 5.74) is -0.152. The van der Waals surface area contributed by atoms with Gasteiger partial charge in [0.05, 0.1) is 11.5 Å². The second-order valence-corrected chi connectivity index (χ2v) is 5.86. The van der Waals surface area contributed by atoms with E-state index in [0.29, 0.717) is 5.56 Å². The molecule has 0 N–H and O–H groups in total. The largest absolute Gasteiger partial charge is 0.336 e. The molecule has 0 heterocycles. The highest BCUT2D eigenvalue weighted by molar-refractivity contribution is 6.30. The molecule has 0 aliphatic rings. The van der Waals surface area contributed by atoms with Crippen molar-refractivity contribution in [2.45, 2.75) is 20.4 Å². The summed E-state index contributed by atoms with van der Waals surface area (Å²) >= 11 is 11.4. The Kier molecular flexibility index (Phi) is 5.79. The summed E-state index contributed by atoms with van der Waals surface area (Å²) in [6, 6.07) is 6.20. The standard InChI is InChI=1S/C14H15Cl2FN2O/c1-14(2,8-18)9-19(13(20)6-15)7-10-3-11(16)5-12(17)4-10/h3-5H,6-7,9H2,1-2H3. The van der Waals surface area contributed by atoms with Gasteiger partial charge >= 0.3 is 0 Å². The molecule has 0 aliphatic carbocycles. The van der Waals surface area contributed by atoms with E-state index in [2.05, 4.69) is 6.07 Å². The van der Waals surface area contributed by atoms with Gasteiger partial charge in [-0.25, -0.2) is 4.39 Å². The number of nitrogens with zero attached hydrogens (tertiary/aromatic N) is 2. The molecule has 1 rings (SSSR count). The molecule has 1 aromatic rings. The average Bonchev–Trinajstić information content (AvgIpc) is 2.35. The third-order valence-electron chi connectivity index (χ3n) is 2.65. The van der Waals surface area contributed by atoms with Crippen LogP contribution in [-0.4, -0.2) is 23.2 Å². The molecule has 0 saturated heterocycles. The number of carbonyl (C=O) groups excluding carboxylic acids is 1. The average molecular weight is 317 g/mol. The number of rotatable bonds is 5. The van der Waals surface area contributed by atoms with E-state index in [0.717, 1.165) is 0 Å². The number of hydrogen-bond donors (Lipinski definition) is 0. The van der Waals surface area contributed by atoms with Crippen molar-refractivity contribution in [3.8, 4) is 6.07 Å². The van der Waals surface area contributed by atoms with Crippen LogP contribution >= 0.6 is 23.2 Å². The lowest BCUT2D eigenvalue weighted by molar-refractivity contribution is -0.130. The quantitative estimate of drug-likeness (QED) is 0.779. The van der Waals surface area contributed by atoms with Gasteiger partial charge < -0.3 is 4.90 Å². The van der Waals surface area contributed by atoms with Crippen LogP contribution in [0.2, 0.25) is 5.02 Å². The minimum Gasteiger partial charge on any atom is -0.336 e. The van der Waals surface area contributed by atoms with Crippen molar-refractivity contribution in [1.29, 1.82) is 5.26 Å². The number of amides is 1. The maximum absolute atomic E-state index is 13.3. The lowest BCUT2D eigenvalue weighted by Crippen LogP contribution is -2.38. The molecular weight excluding hydrogens is 302 g/mol. The molecule has 0 saturated carbocycles. The molecule has 0 aliphatic heterocycles. The van der Waals surface area contributed by atoms with Gasteiger partial charge in [-0.05, 0) is 37.6 Å². The first-order valence-corrected chi connectivity index (χ1v) is 6.88. The number of nitriles is 1. The van der Waals surface area contributed by atoms with Crippen molar-refractivity contribution >= 4 is 29.1 Å². The van der Waals surface area contributed by atoms with Crippen LogP contribution in [0.1, 0.15) is 19.4 Å². The minimum atomic E-state index is -0.709. The summed E-state index contributed by atoms with van der Waals surface area (Å²) in [7, 11) is 0. The number of carbonyl (C=O) groups is 1. The van der Waals surface area contributed by atoms with Crippen LogP contribution in [0, 0.1) is 22.6 Å². The van der Waals surface area contributed by atoms with Gasteiger partial charge in [0.15, 0.2) is 0 Å². The minimum absolute atomic E-state index is 0.161. The molecule has 0 unspecified atom stereocenters. The number of alkyl halides is 1. The van der Waals surface area contributed by atoms with Gasteiger partial charge in [0.2, 0.25) is 5.91 Å². The Labute approximate surface area is 127 Å². The summed E-state index contributed by atoms with van der Waals surface area (Å²) in [4.78, 5) is 13.3. The molecular formula is C14H15Cl2FN2O. The van der Waals surface area contributed by atoms with Crippen LogP contribution in [0.15, 0.2) is 18.2 Å². The van der Waals surface area contributed by atoms with E-state index in [4.69, 9.17) is 28.5 Å². The molecule has 6 heteroatoms. The van der Waals surface area contributed by atoms with E-state index in [1.165, 1.54) is 17.0 Å². The zero-order valence-corrected chi connectivity index (χ0v) is 12.8. The Morgan fingerprint density at radius 3 is 2.60 bits per heavy atom. The van der Waals surface area contributed by atoms with Gasteiger partial charge in [0.25, 0.3) is 0 Å². The van der Waals surface area contributed by atoms with E-state index < -0.39 is 11.2 Å². The van der Waals surface area contributed by atoms with Gasteiger partial charge in [0, 0.05) is 18.1 Å². The maximum atomic E-state index is 13.3. The van der Waals surface area contributed by atoms with Crippen LogP contribution in [0.25, 0.3) is 0 Å².